The first kappa shape index (κ1) is 22.0. The fourth-order valence-electron chi connectivity index (χ4n) is 2.82. The summed E-state index contributed by atoms with van der Waals surface area (Å²) in [5, 5.41) is 14.1. The Balaban J connectivity index is 1.91. The average molecular weight is 445 g/mol. The molecule has 2 aromatic carbocycles. The van der Waals surface area contributed by atoms with Gasteiger partial charge in [-0.25, -0.2) is 4.99 Å². The van der Waals surface area contributed by atoms with Gasteiger partial charge < -0.3 is 24.3 Å². The van der Waals surface area contributed by atoms with Gasteiger partial charge in [-0.15, -0.1) is 0 Å². The van der Waals surface area contributed by atoms with Gasteiger partial charge in [0.15, 0.2) is 22.4 Å². The number of nitrogens with one attached hydrogen (secondary N) is 1. The Kier molecular flexibility index (Phi) is 6.65. The number of nitrogens with zero attached hydrogens (tertiary/aromatic N) is 2. The summed E-state index contributed by atoms with van der Waals surface area (Å²) in [5.41, 5.74) is 0.754. The van der Waals surface area contributed by atoms with Gasteiger partial charge in [0.25, 0.3) is 5.91 Å². The molecule has 1 heterocycles. The third-order valence-electron chi connectivity index (χ3n) is 4.23. The van der Waals surface area contributed by atoms with E-state index in [1.54, 1.807) is 24.3 Å². The number of methoxy groups -OCH3 is 4. The van der Waals surface area contributed by atoms with E-state index in [1.807, 2.05) is 0 Å². The second-order valence-corrected chi connectivity index (χ2v) is 7.08. The second-order valence-electron chi connectivity index (χ2n) is 6.05. The highest BCUT2D eigenvalue weighted by atomic mass is 32.2. The predicted molar refractivity (Wildman–Crippen MR) is 117 cm³/mol. The number of amidine groups is 1. The van der Waals surface area contributed by atoms with E-state index in [0.29, 0.717) is 38.6 Å². The van der Waals surface area contributed by atoms with Crippen molar-refractivity contribution < 1.29 is 28.7 Å². The largest absolute Gasteiger partial charge is 0.493 e. The van der Waals surface area contributed by atoms with Crippen LogP contribution in [-0.2, 0) is 4.79 Å². The molecule has 1 fully saturated rings. The summed E-state index contributed by atoms with van der Waals surface area (Å²) in [5.74, 6) is 1.13. The van der Waals surface area contributed by atoms with Crippen molar-refractivity contribution >= 4 is 40.3 Å². The Hall–Kier alpha value is -3.73. The number of ether oxygens (including phenoxy) is 4. The summed E-state index contributed by atoms with van der Waals surface area (Å²) in [4.78, 5) is 27.7. The SMILES string of the molecule is COc1ccc(N=C2NC(=O)C(=Cc3cc(OC)c(OC)c(OC)c3)S2)cc1[N+](=O)[O-]. The van der Waals surface area contributed by atoms with Crippen molar-refractivity contribution in [1.82, 2.24) is 5.32 Å². The number of hydrogen-bond donors (Lipinski definition) is 1. The maximum Gasteiger partial charge on any atom is 0.313 e. The van der Waals surface area contributed by atoms with Gasteiger partial charge in [0, 0.05) is 6.07 Å². The van der Waals surface area contributed by atoms with E-state index in [4.69, 9.17) is 18.9 Å². The lowest BCUT2D eigenvalue weighted by Gasteiger charge is -2.12. The zero-order valence-electron chi connectivity index (χ0n) is 17.1. The van der Waals surface area contributed by atoms with E-state index in [9.17, 15) is 14.9 Å². The van der Waals surface area contributed by atoms with Crippen LogP contribution in [0.25, 0.3) is 6.08 Å². The molecule has 0 spiro atoms. The van der Waals surface area contributed by atoms with Crippen molar-refractivity contribution in [3.05, 3.63) is 50.9 Å². The van der Waals surface area contributed by atoms with Gasteiger partial charge in [0.2, 0.25) is 5.75 Å². The molecule has 0 aromatic heterocycles. The number of aliphatic imine (C=N–C) groups is 1. The predicted octanol–water partition coefficient (Wildman–Crippen LogP) is 3.52. The minimum absolute atomic E-state index is 0.125. The van der Waals surface area contributed by atoms with Gasteiger partial charge in [-0.05, 0) is 47.7 Å². The molecule has 1 aliphatic rings. The fraction of sp³-hybridized carbons (Fsp3) is 0.200. The molecule has 0 radical (unpaired) electrons. The highest BCUT2D eigenvalue weighted by molar-refractivity contribution is 8.18. The molecular formula is C20H19N3O7S. The topological polar surface area (TPSA) is 122 Å². The Bertz CT molecular complexity index is 1070. The number of carbonyl (C=O) groups excluding carboxylic acids is 1. The summed E-state index contributed by atoms with van der Waals surface area (Å²) in [6.45, 7) is 0. The Labute approximate surface area is 182 Å². The number of nitro benzene ring substituents is 1. The first-order valence-electron chi connectivity index (χ1n) is 8.82. The maximum atomic E-state index is 12.4. The number of rotatable bonds is 7. The number of benzene rings is 2. The molecule has 31 heavy (non-hydrogen) atoms. The van der Waals surface area contributed by atoms with E-state index in [2.05, 4.69) is 10.3 Å². The average Bonchev–Trinajstić information content (AvgIpc) is 3.11. The number of hydrogen-bond acceptors (Lipinski definition) is 9. The molecule has 0 bridgehead atoms. The summed E-state index contributed by atoms with van der Waals surface area (Å²) in [7, 11) is 5.86. The number of nitro groups is 1. The maximum absolute atomic E-state index is 12.4. The monoisotopic (exact) mass is 445 g/mol. The van der Waals surface area contributed by atoms with Crippen LogP contribution in [0.15, 0.2) is 40.2 Å². The Morgan fingerprint density at radius 2 is 1.65 bits per heavy atom. The quantitative estimate of drug-likeness (QED) is 0.390. The van der Waals surface area contributed by atoms with E-state index in [1.165, 1.54) is 40.6 Å². The van der Waals surface area contributed by atoms with Crippen molar-refractivity contribution in [2.75, 3.05) is 28.4 Å². The molecule has 11 heteroatoms. The van der Waals surface area contributed by atoms with Crippen molar-refractivity contribution in [1.29, 1.82) is 0 Å². The minimum atomic E-state index is -0.557. The van der Waals surface area contributed by atoms with Gasteiger partial charge in [0.1, 0.15) is 0 Å². The number of carbonyl (C=O) groups is 1. The standard InChI is InChI=1S/C20H19N3O7S/c1-27-14-6-5-12(10-13(14)23(25)26)21-20-22-19(24)17(31-20)9-11-7-15(28-2)18(30-4)16(8-11)29-3/h5-10H,1-4H3,(H,21,22,24). The van der Waals surface area contributed by atoms with E-state index in [-0.39, 0.29) is 17.3 Å². The summed E-state index contributed by atoms with van der Waals surface area (Å²) >= 11 is 1.11. The highest BCUT2D eigenvalue weighted by Gasteiger charge is 2.25. The third kappa shape index (κ3) is 4.72. The van der Waals surface area contributed by atoms with Gasteiger partial charge in [-0.1, -0.05) is 0 Å². The molecule has 2 aromatic rings. The van der Waals surface area contributed by atoms with Crippen molar-refractivity contribution in [3.8, 4) is 23.0 Å². The van der Waals surface area contributed by atoms with Crippen LogP contribution in [0, 0.1) is 10.1 Å². The van der Waals surface area contributed by atoms with Crippen LogP contribution in [0.5, 0.6) is 23.0 Å². The van der Waals surface area contributed by atoms with Crippen LogP contribution in [0.3, 0.4) is 0 Å². The van der Waals surface area contributed by atoms with Crippen LogP contribution in [0.4, 0.5) is 11.4 Å². The molecule has 1 amide bonds. The molecular weight excluding hydrogens is 426 g/mol. The first-order chi connectivity index (χ1) is 14.9. The zero-order valence-corrected chi connectivity index (χ0v) is 17.9. The van der Waals surface area contributed by atoms with Crippen molar-refractivity contribution in [3.63, 3.8) is 0 Å². The Morgan fingerprint density at radius 1 is 1.00 bits per heavy atom. The second kappa shape index (κ2) is 9.39. The van der Waals surface area contributed by atoms with Crippen LogP contribution >= 0.6 is 11.8 Å². The molecule has 0 unspecified atom stereocenters. The normalized spacial score (nSPS) is 15.7. The molecule has 1 saturated heterocycles. The van der Waals surface area contributed by atoms with E-state index in [0.717, 1.165) is 11.8 Å². The Morgan fingerprint density at radius 3 is 2.19 bits per heavy atom. The molecule has 3 rings (SSSR count). The molecule has 1 aliphatic heterocycles. The highest BCUT2D eigenvalue weighted by Crippen LogP contribution is 2.40. The van der Waals surface area contributed by atoms with Gasteiger partial charge in [-0.3, -0.25) is 14.9 Å². The van der Waals surface area contributed by atoms with Gasteiger partial charge >= 0.3 is 5.69 Å². The molecule has 0 atom stereocenters. The van der Waals surface area contributed by atoms with Crippen LogP contribution < -0.4 is 24.3 Å². The summed E-state index contributed by atoms with van der Waals surface area (Å²) in [6.07, 6.45) is 1.66. The third-order valence-corrected chi connectivity index (χ3v) is 5.14. The van der Waals surface area contributed by atoms with Crippen LogP contribution in [-0.4, -0.2) is 44.4 Å². The number of thioether (sulfide) groups is 1. The zero-order chi connectivity index (χ0) is 22.5. The van der Waals surface area contributed by atoms with E-state index < -0.39 is 4.92 Å². The first-order valence-corrected chi connectivity index (χ1v) is 9.63. The number of amides is 1. The van der Waals surface area contributed by atoms with E-state index >= 15 is 0 Å². The molecule has 1 N–H and O–H groups in total. The molecule has 162 valence electrons. The summed E-state index contributed by atoms with van der Waals surface area (Å²) in [6, 6.07) is 7.71. The molecule has 0 saturated carbocycles. The lowest BCUT2D eigenvalue weighted by atomic mass is 10.1. The van der Waals surface area contributed by atoms with Gasteiger partial charge in [0.05, 0.1) is 44.0 Å². The van der Waals surface area contributed by atoms with Crippen molar-refractivity contribution in [2.45, 2.75) is 0 Å². The molecule has 10 nitrogen and oxygen atoms in total. The smallest absolute Gasteiger partial charge is 0.313 e. The molecule has 0 aliphatic carbocycles. The lowest BCUT2D eigenvalue weighted by Crippen LogP contribution is -2.19. The van der Waals surface area contributed by atoms with Crippen LogP contribution in [0.1, 0.15) is 5.56 Å². The minimum Gasteiger partial charge on any atom is -0.493 e. The fourth-order valence-corrected chi connectivity index (χ4v) is 3.67. The van der Waals surface area contributed by atoms with Gasteiger partial charge in [-0.2, -0.15) is 0 Å². The lowest BCUT2D eigenvalue weighted by molar-refractivity contribution is -0.385. The summed E-state index contributed by atoms with van der Waals surface area (Å²) < 4.78 is 20.9. The van der Waals surface area contributed by atoms with Crippen molar-refractivity contribution in [2.24, 2.45) is 4.99 Å². The van der Waals surface area contributed by atoms with Crippen LogP contribution in [0.2, 0.25) is 0 Å².